The second kappa shape index (κ2) is 5.32. The van der Waals surface area contributed by atoms with Gasteiger partial charge in [0.05, 0.1) is 7.11 Å². The Hall–Kier alpha value is -1.06. The van der Waals surface area contributed by atoms with E-state index in [4.69, 9.17) is 4.74 Å². The monoisotopic (exact) mass is 223 g/mol. The van der Waals surface area contributed by atoms with Gasteiger partial charge in [0.2, 0.25) is 0 Å². The summed E-state index contributed by atoms with van der Waals surface area (Å²) in [6.07, 6.45) is 0. The topological polar surface area (TPSA) is 41.5 Å². The minimum atomic E-state index is -0.873. The van der Waals surface area contributed by atoms with Crippen molar-refractivity contribution in [2.75, 3.05) is 13.7 Å². The van der Waals surface area contributed by atoms with Crippen molar-refractivity contribution in [3.8, 4) is 5.75 Å². The number of methoxy groups -OCH3 is 1. The molecule has 0 saturated carbocycles. The van der Waals surface area contributed by atoms with Gasteiger partial charge >= 0.3 is 0 Å². The van der Waals surface area contributed by atoms with Crippen LogP contribution in [0.15, 0.2) is 24.3 Å². The molecule has 0 amide bonds. The molecule has 0 saturated heterocycles. The Bertz CT molecular complexity index is 319. The number of ether oxygens (including phenoxy) is 1. The van der Waals surface area contributed by atoms with Crippen LogP contribution in [0.4, 0.5) is 0 Å². The molecule has 0 aliphatic heterocycles. The summed E-state index contributed by atoms with van der Waals surface area (Å²) >= 11 is 0. The van der Waals surface area contributed by atoms with Gasteiger partial charge in [-0.05, 0) is 38.1 Å². The molecule has 1 rings (SSSR count). The normalized spacial score (nSPS) is 16.6. The van der Waals surface area contributed by atoms with Crippen molar-refractivity contribution in [2.24, 2.45) is 0 Å². The van der Waals surface area contributed by atoms with Gasteiger partial charge in [0, 0.05) is 6.04 Å². The first-order chi connectivity index (χ1) is 7.52. The number of hydrogen-bond donors (Lipinski definition) is 2. The van der Waals surface area contributed by atoms with Crippen LogP contribution in [-0.4, -0.2) is 24.8 Å². The summed E-state index contributed by atoms with van der Waals surface area (Å²) in [6, 6.07) is 7.52. The predicted molar refractivity (Wildman–Crippen MR) is 65.7 cm³/mol. The number of rotatable bonds is 5. The van der Waals surface area contributed by atoms with Crippen molar-refractivity contribution < 1.29 is 9.84 Å². The van der Waals surface area contributed by atoms with Gasteiger partial charge < -0.3 is 15.2 Å². The van der Waals surface area contributed by atoms with Crippen LogP contribution in [-0.2, 0) is 5.60 Å². The molecular weight excluding hydrogens is 202 g/mol. The summed E-state index contributed by atoms with van der Waals surface area (Å²) in [5.74, 6) is 0.802. The molecule has 1 aromatic rings. The minimum Gasteiger partial charge on any atom is -0.497 e. The molecule has 16 heavy (non-hydrogen) atoms. The number of hydrogen-bond acceptors (Lipinski definition) is 3. The zero-order valence-corrected chi connectivity index (χ0v) is 10.4. The molecule has 2 N–H and O–H groups in total. The van der Waals surface area contributed by atoms with Crippen molar-refractivity contribution in [3.05, 3.63) is 29.8 Å². The SMILES string of the molecule is CCNC(C)C(C)(O)c1ccc(OC)cc1. The molecule has 2 atom stereocenters. The highest BCUT2D eigenvalue weighted by Gasteiger charge is 2.29. The number of benzene rings is 1. The standard InChI is InChI=1S/C13H21NO2/c1-5-14-10(2)13(3,15)11-6-8-12(16-4)9-7-11/h6-10,14-15H,5H2,1-4H3. The van der Waals surface area contributed by atoms with E-state index < -0.39 is 5.60 Å². The maximum atomic E-state index is 10.4. The van der Waals surface area contributed by atoms with Gasteiger partial charge in [-0.15, -0.1) is 0 Å². The summed E-state index contributed by atoms with van der Waals surface area (Å²) in [7, 11) is 1.63. The maximum absolute atomic E-state index is 10.4. The highest BCUT2D eigenvalue weighted by molar-refractivity contribution is 5.31. The highest BCUT2D eigenvalue weighted by atomic mass is 16.5. The number of nitrogens with one attached hydrogen (secondary N) is 1. The predicted octanol–water partition coefficient (Wildman–Crippen LogP) is 1.90. The molecule has 2 unspecified atom stereocenters. The van der Waals surface area contributed by atoms with E-state index >= 15 is 0 Å². The fourth-order valence-corrected chi connectivity index (χ4v) is 1.68. The first-order valence-electron chi connectivity index (χ1n) is 5.62. The summed E-state index contributed by atoms with van der Waals surface area (Å²) in [6.45, 7) is 6.67. The van der Waals surface area contributed by atoms with E-state index in [2.05, 4.69) is 5.32 Å². The Morgan fingerprint density at radius 3 is 2.38 bits per heavy atom. The van der Waals surface area contributed by atoms with Gasteiger partial charge in [-0.1, -0.05) is 19.1 Å². The van der Waals surface area contributed by atoms with Crippen LogP contribution in [0.2, 0.25) is 0 Å². The molecule has 0 bridgehead atoms. The summed E-state index contributed by atoms with van der Waals surface area (Å²) in [5, 5.41) is 13.7. The minimum absolute atomic E-state index is 0.00546. The van der Waals surface area contributed by atoms with Gasteiger partial charge in [-0.2, -0.15) is 0 Å². The van der Waals surface area contributed by atoms with E-state index in [1.54, 1.807) is 7.11 Å². The van der Waals surface area contributed by atoms with Crippen molar-refractivity contribution in [1.82, 2.24) is 5.32 Å². The van der Waals surface area contributed by atoms with Gasteiger partial charge in [0.1, 0.15) is 11.4 Å². The molecule has 0 fully saturated rings. The Kier molecular flexibility index (Phi) is 4.33. The molecule has 0 aliphatic carbocycles. The fraction of sp³-hybridized carbons (Fsp3) is 0.538. The zero-order valence-electron chi connectivity index (χ0n) is 10.4. The molecule has 0 aromatic heterocycles. The third-order valence-corrected chi connectivity index (χ3v) is 3.03. The van der Waals surface area contributed by atoms with Gasteiger partial charge in [0.15, 0.2) is 0 Å². The summed E-state index contributed by atoms with van der Waals surface area (Å²) in [4.78, 5) is 0. The van der Waals surface area contributed by atoms with Gasteiger partial charge in [0.25, 0.3) is 0 Å². The van der Waals surface area contributed by atoms with Crippen LogP contribution < -0.4 is 10.1 Å². The van der Waals surface area contributed by atoms with Gasteiger partial charge in [-0.3, -0.25) is 0 Å². The fourth-order valence-electron chi connectivity index (χ4n) is 1.68. The Labute approximate surface area is 97.4 Å². The Morgan fingerprint density at radius 1 is 1.38 bits per heavy atom. The lowest BCUT2D eigenvalue weighted by Gasteiger charge is -2.31. The van der Waals surface area contributed by atoms with Crippen LogP contribution >= 0.6 is 0 Å². The smallest absolute Gasteiger partial charge is 0.118 e. The molecule has 90 valence electrons. The number of aliphatic hydroxyl groups is 1. The van der Waals surface area contributed by atoms with E-state index in [-0.39, 0.29) is 6.04 Å². The lowest BCUT2D eigenvalue weighted by atomic mass is 9.89. The third kappa shape index (κ3) is 2.74. The lowest BCUT2D eigenvalue weighted by Crippen LogP contribution is -2.44. The molecule has 0 heterocycles. The lowest BCUT2D eigenvalue weighted by molar-refractivity contribution is 0.0221. The van der Waals surface area contributed by atoms with Crippen LogP contribution in [0.25, 0.3) is 0 Å². The average molecular weight is 223 g/mol. The quantitative estimate of drug-likeness (QED) is 0.801. The number of likely N-dealkylation sites (N-methyl/N-ethyl adjacent to an activating group) is 1. The molecule has 0 aliphatic rings. The highest BCUT2D eigenvalue weighted by Crippen LogP contribution is 2.26. The second-order valence-electron chi connectivity index (χ2n) is 4.16. The summed E-state index contributed by atoms with van der Waals surface area (Å²) < 4.78 is 5.09. The first-order valence-corrected chi connectivity index (χ1v) is 5.62. The van der Waals surface area contributed by atoms with Crippen LogP contribution in [0.5, 0.6) is 5.75 Å². The molecule has 3 heteroatoms. The molecule has 0 spiro atoms. The van der Waals surface area contributed by atoms with Crippen molar-refractivity contribution in [2.45, 2.75) is 32.4 Å². The summed E-state index contributed by atoms with van der Waals surface area (Å²) in [5.41, 5.74) is 0.0178. The Balaban J connectivity index is 2.88. The second-order valence-corrected chi connectivity index (χ2v) is 4.16. The van der Waals surface area contributed by atoms with Crippen LogP contribution in [0, 0.1) is 0 Å². The Morgan fingerprint density at radius 2 is 1.94 bits per heavy atom. The molecule has 0 radical (unpaired) electrons. The maximum Gasteiger partial charge on any atom is 0.118 e. The molecule has 1 aromatic carbocycles. The van der Waals surface area contributed by atoms with E-state index in [1.165, 1.54) is 0 Å². The average Bonchev–Trinajstić information content (AvgIpc) is 2.29. The van der Waals surface area contributed by atoms with Crippen molar-refractivity contribution in [1.29, 1.82) is 0 Å². The third-order valence-electron chi connectivity index (χ3n) is 3.03. The largest absolute Gasteiger partial charge is 0.497 e. The van der Waals surface area contributed by atoms with E-state index in [1.807, 2.05) is 45.0 Å². The molecular formula is C13H21NO2. The van der Waals surface area contributed by atoms with E-state index in [0.29, 0.717) is 0 Å². The van der Waals surface area contributed by atoms with Crippen LogP contribution in [0.3, 0.4) is 0 Å². The van der Waals surface area contributed by atoms with Crippen LogP contribution in [0.1, 0.15) is 26.3 Å². The van der Waals surface area contributed by atoms with E-state index in [9.17, 15) is 5.11 Å². The van der Waals surface area contributed by atoms with Gasteiger partial charge in [-0.25, -0.2) is 0 Å². The van der Waals surface area contributed by atoms with E-state index in [0.717, 1.165) is 17.9 Å². The van der Waals surface area contributed by atoms with Crippen molar-refractivity contribution >= 4 is 0 Å². The molecule has 3 nitrogen and oxygen atoms in total. The first kappa shape index (κ1) is 13.0. The zero-order chi connectivity index (χ0) is 12.2. The van der Waals surface area contributed by atoms with Crippen molar-refractivity contribution in [3.63, 3.8) is 0 Å².